The predicted molar refractivity (Wildman–Crippen MR) is 119 cm³/mol. The molecule has 31 heavy (non-hydrogen) atoms. The van der Waals surface area contributed by atoms with Crippen LogP contribution in [0.2, 0.25) is 0 Å². The normalized spacial score (nSPS) is 14.3. The quantitative estimate of drug-likeness (QED) is 0.634. The van der Waals surface area contributed by atoms with Crippen molar-refractivity contribution in [2.24, 2.45) is 5.92 Å². The number of benzene rings is 2. The molecule has 0 unspecified atom stereocenters. The van der Waals surface area contributed by atoms with Crippen LogP contribution in [0.5, 0.6) is 5.75 Å². The molecule has 6 nitrogen and oxygen atoms in total. The second-order valence-electron chi connectivity index (χ2n) is 7.49. The molecule has 1 aliphatic rings. The lowest BCUT2D eigenvalue weighted by atomic mass is 9.95. The van der Waals surface area contributed by atoms with E-state index in [0.29, 0.717) is 12.3 Å². The number of halogens is 1. The van der Waals surface area contributed by atoms with Crippen LogP contribution >= 0.6 is 0 Å². The Bertz CT molecular complexity index is 999. The van der Waals surface area contributed by atoms with Gasteiger partial charge in [-0.15, -0.1) is 10.2 Å². The van der Waals surface area contributed by atoms with Crippen molar-refractivity contribution in [3.8, 4) is 17.0 Å². The van der Waals surface area contributed by atoms with Gasteiger partial charge in [0.05, 0.1) is 12.3 Å². The maximum Gasteiger partial charge on any atom is 0.227 e. The maximum absolute atomic E-state index is 13.1. The molecule has 2 heterocycles. The van der Waals surface area contributed by atoms with E-state index in [1.54, 1.807) is 12.1 Å². The molecule has 4 rings (SSSR count). The van der Waals surface area contributed by atoms with Gasteiger partial charge in [0.25, 0.3) is 0 Å². The number of aromatic nitrogens is 2. The molecule has 1 N–H and O–H groups in total. The third-order valence-corrected chi connectivity index (χ3v) is 5.41. The van der Waals surface area contributed by atoms with Gasteiger partial charge in [-0.2, -0.15) is 0 Å². The number of hydrogen-bond acceptors (Lipinski definition) is 5. The zero-order chi connectivity index (χ0) is 21.6. The Balaban J connectivity index is 1.30. The highest BCUT2D eigenvalue weighted by molar-refractivity contribution is 5.92. The highest BCUT2D eigenvalue weighted by atomic mass is 19.1. The van der Waals surface area contributed by atoms with Crippen LogP contribution in [0, 0.1) is 11.7 Å². The smallest absolute Gasteiger partial charge is 0.227 e. The largest absolute Gasteiger partial charge is 0.494 e. The fourth-order valence-corrected chi connectivity index (χ4v) is 3.68. The number of carbonyl (C=O) groups is 1. The zero-order valence-corrected chi connectivity index (χ0v) is 17.4. The molecule has 1 amide bonds. The molecule has 160 valence electrons. The van der Waals surface area contributed by atoms with E-state index in [4.69, 9.17) is 4.74 Å². The first-order valence-corrected chi connectivity index (χ1v) is 10.5. The van der Waals surface area contributed by atoms with Crippen LogP contribution in [-0.4, -0.2) is 35.8 Å². The van der Waals surface area contributed by atoms with Crippen molar-refractivity contribution in [3.63, 3.8) is 0 Å². The van der Waals surface area contributed by atoms with Crippen molar-refractivity contribution in [2.75, 3.05) is 29.9 Å². The molecule has 0 radical (unpaired) electrons. The molecule has 0 atom stereocenters. The van der Waals surface area contributed by atoms with Crippen LogP contribution in [0.3, 0.4) is 0 Å². The van der Waals surface area contributed by atoms with E-state index in [1.165, 1.54) is 12.1 Å². The van der Waals surface area contributed by atoms with Gasteiger partial charge in [0.1, 0.15) is 11.6 Å². The highest BCUT2D eigenvalue weighted by Crippen LogP contribution is 2.25. The van der Waals surface area contributed by atoms with Gasteiger partial charge in [0.15, 0.2) is 5.82 Å². The van der Waals surface area contributed by atoms with Gasteiger partial charge in [-0.1, -0.05) is 0 Å². The summed E-state index contributed by atoms with van der Waals surface area (Å²) in [6.45, 7) is 4.04. The van der Waals surface area contributed by atoms with E-state index >= 15 is 0 Å². The number of ether oxygens (including phenoxy) is 1. The second-order valence-corrected chi connectivity index (χ2v) is 7.49. The fraction of sp³-hybridized carbons (Fsp3) is 0.292. The SMILES string of the molecule is CCOc1ccc(NC(=O)C2CCN(c3ccc(-c4ccc(F)cc4)nn3)CC2)cc1. The van der Waals surface area contributed by atoms with Gasteiger partial charge < -0.3 is 15.0 Å². The van der Waals surface area contributed by atoms with Crippen molar-refractivity contribution in [1.82, 2.24) is 10.2 Å². The topological polar surface area (TPSA) is 67.3 Å². The summed E-state index contributed by atoms with van der Waals surface area (Å²) < 4.78 is 18.5. The number of amides is 1. The first-order chi connectivity index (χ1) is 15.1. The zero-order valence-electron chi connectivity index (χ0n) is 17.4. The molecule has 0 saturated carbocycles. The van der Waals surface area contributed by atoms with Gasteiger partial charge in [-0.05, 0) is 80.4 Å². The first kappa shape index (κ1) is 20.8. The van der Waals surface area contributed by atoms with E-state index in [1.807, 2.05) is 43.3 Å². The van der Waals surface area contributed by atoms with Gasteiger partial charge in [0.2, 0.25) is 5.91 Å². The molecule has 1 fully saturated rings. The van der Waals surface area contributed by atoms with Crippen molar-refractivity contribution < 1.29 is 13.9 Å². The Hall–Kier alpha value is -3.48. The molecular weight excluding hydrogens is 395 g/mol. The Labute approximate surface area is 181 Å². The lowest BCUT2D eigenvalue weighted by Crippen LogP contribution is -2.38. The van der Waals surface area contributed by atoms with Gasteiger partial charge in [-0.3, -0.25) is 4.79 Å². The average Bonchev–Trinajstić information content (AvgIpc) is 2.81. The average molecular weight is 420 g/mol. The number of anilines is 2. The van der Waals surface area contributed by atoms with Crippen LogP contribution in [0.1, 0.15) is 19.8 Å². The van der Waals surface area contributed by atoms with Gasteiger partial charge in [-0.25, -0.2) is 4.39 Å². The number of carbonyl (C=O) groups excluding carboxylic acids is 1. The molecule has 0 aliphatic carbocycles. The van der Waals surface area contributed by atoms with E-state index in [9.17, 15) is 9.18 Å². The number of hydrogen-bond donors (Lipinski definition) is 1. The maximum atomic E-state index is 13.1. The fourth-order valence-electron chi connectivity index (χ4n) is 3.68. The van der Waals surface area contributed by atoms with Crippen molar-refractivity contribution in [2.45, 2.75) is 19.8 Å². The molecule has 7 heteroatoms. The lowest BCUT2D eigenvalue weighted by molar-refractivity contribution is -0.120. The van der Waals surface area contributed by atoms with Crippen LogP contribution in [-0.2, 0) is 4.79 Å². The summed E-state index contributed by atoms with van der Waals surface area (Å²) in [6.07, 6.45) is 1.51. The van der Waals surface area contributed by atoms with Crippen molar-refractivity contribution >= 4 is 17.4 Å². The number of nitrogens with one attached hydrogen (secondary N) is 1. The van der Waals surface area contributed by atoms with Gasteiger partial charge in [0, 0.05) is 30.3 Å². The summed E-state index contributed by atoms with van der Waals surface area (Å²) in [6, 6.07) is 17.4. The number of nitrogens with zero attached hydrogens (tertiary/aromatic N) is 3. The lowest BCUT2D eigenvalue weighted by Gasteiger charge is -2.31. The summed E-state index contributed by atoms with van der Waals surface area (Å²) in [4.78, 5) is 14.8. The number of piperidine rings is 1. The summed E-state index contributed by atoms with van der Waals surface area (Å²) in [5.74, 6) is 1.31. The minimum atomic E-state index is -0.275. The minimum absolute atomic E-state index is 0.0331. The van der Waals surface area contributed by atoms with Crippen LogP contribution < -0.4 is 15.0 Å². The Kier molecular flexibility index (Phi) is 6.40. The third-order valence-electron chi connectivity index (χ3n) is 5.41. The highest BCUT2D eigenvalue weighted by Gasteiger charge is 2.26. The van der Waals surface area contributed by atoms with Crippen LogP contribution in [0.15, 0.2) is 60.7 Å². The minimum Gasteiger partial charge on any atom is -0.494 e. The third kappa shape index (κ3) is 5.17. The standard InChI is InChI=1S/C24H25FN4O2/c1-2-31-21-9-7-20(8-10-21)26-24(30)18-13-15-29(16-14-18)23-12-11-22(27-28-23)17-3-5-19(25)6-4-17/h3-12,18H,2,13-16H2,1H3,(H,26,30). The van der Waals surface area contributed by atoms with E-state index in [2.05, 4.69) is 20.4 Å². The molecule has 3 aromatic rings. The van der Waals surface area contributed by atoms with E-state index < -0.39 is 0 Å². The first-order valence-electron chi connectivity index (χ1n) is 10.5. The summed E-state index contributed by atoms with van der Waals surface area (Å²) in [7, 11) is 0. The molecule has 1 saturated heterocycles. The van der Waals surface area contributed by atoms with Gasteiger partial charge >= 0.3 is 0 Å². The number of rotatable bonds is 6. The summed E-state index contributed by atoms with van der Waals surface area (Å²) in [5.41, 5.74) is 2.30. The summed E-state index contributed by atoms with van der Waals surface area (Å²) in [5, 5.41) is 11.6. The second kappa shape index (κ2) is 9.55. The molecule has 1 aliphatic heterocycles. The molecule has 1 aromatic heterocycles. The van der Waals surface area contributed by atoms with Crippen LogP contribution in [0.25, 0.3) is 11.3 Å². The van der Waals surface area contributed by atoms with Crippen molar-refractivity contribution in [3.05, 3.63) is 66.5 Å². The Morgan fingerprint density at radius 2 is 1.74 bits per heavy atom. The van der Waals surface area contributed by atoms with Crippen LogP contribution in [0.4, 0.5) is 15.9 Å². The Morgan fingerprint density at radius 1 is 1.03 bits per heavy atom. The van der Waals surface area contributed by atoms with E-state index in [-0.39, 0.29) is 17.6 Å². The van der Waals surface area contributed by atoms with E-state index in [0.717, 1.165) is 48.7 Å². The molecule has 2 aromatic carbocycles. The monoisotopic (exact) mass is 420 g/mol. The van der Waals surface area contributed by atoms with Crippen molar-refractivity contribution in [1.29, 1.82) is 0 Å². The molecule has 0 bridgehead atoms. The predicted octanol–water partition coefficient (Wildman–Crippen LogP) is 4.54. The summed E-state index contributed by atoms with van der Waals surface area (Å²) >= 11 is 0. The molecule has 0 spiro atoms. The Morgan fingerprint density at radius 3 is 2.35 bits per heavy atom. The molecular formula is C24H25FN4O2.